The van der Waals surface area contributed by atoms with Crippen molar-refractivity contribution in [3.05, 3.63) is 90.8 Å². The summed E-state index contributed by atoms with van der Waals surface area (Å²) in [6, 6.07) is 24.5. The second kappa shape index (κ2) is 7.49. The SMILES string of the molecule is O=C(Nc1ccc(Nc2ccccc2)cc1)c1ccc(-n2cnnn2)cc1. The summed E-state index contributed by atoms with van der Waals surface area (Å²) < 4.78 is 1.53. The van der Waals surface area contributed by atoms with E-state index in [0.717, 1.165) is 22.7 Å². The Hall–Kier alpha value is -4.00. The van der Waals surface area contributed by atoms with Gasteiger partial charge >= 0.3 is 0 Å². The minimum absolute atomic E-state index is 0.179. The molecule has 0 spiro atoms. The molecular formula is C20H16N6O. The molecule has 0 aliphatic rings. The number of carbonyl (C=O) groups excluding carboxylic acids is 1. The van der Waals surface area contributed by atoms with E-state index >= 15 is 0 Å². The number of anilines is 3. The van der Waals surface area contributed by atoms with Gasteiger partial charge < -0.3 is 10.6 Å². The van der Waals surface area contributed by atoms with Crippen LogP contribution in [0.15, 0.2) is 85.2 Å². The maximum absolute atomic E-state index is 12.4. The van der Waals surface area contributed by atoms with Gasteiger partial charge in [0.25, 0.3) is 5.91 Å². The first kappa shape index (κ1) is 16.5. The lowest BCUT2D eigenvalue weighted by Gasteiger charge is -2.09. The van der Waals surface area contributed by atoms with Crippen LogP contribution in [0.2, 0.25) is 0 Å². The van der Waals surface area contributed by atoms with Gasteiger partial charge in [0.15, 0.2) is 0 Å². The minimum atomic E-state index is -0.179. The highest BCUT2D eigenvalue weighted by Crippen LogP contribution is 2.19. The molecule has 0 saturated heterocycles. The number of tetrazole rings is 1. The van der Waals surface area contributed by atoms with E-state index in [2.05, 4.69) is 26.2 Å². The second-order valence-electron chi connectivity index (χ2n) is 5.82. The molecule has 7 heteroatoms. The Morgan fingerprint density at radius 3 is 2.11 bits per heavy atom. The minimum Gasteiger partial charge on any atom is -0.356 e. The van der Waals surface area contributed by atoms with Gasteiger partial charge in [-0.1, -0.05) is 18.2 Å². The fourth-order valence-corrected chi connectivity index (χ4v) is 2.57. The zero-order valence-corrected chi connectivity index (χ0v) is 14.3. The summed E-state index contributed by atoms with van der Waals surface area (Å²) in [6.45, 7) is 0. The van der Waals surface area contributed by atoms with Gasteiger partial charge in [-0.15, -0.1) is 5.10 Å². The van der Waals surface area contributed by atoms with Gasteiger partial charge in [-0.3, -0.25) is 4.79 Å². The Morgan fingerprint density at radius 1 is 0.778 bits per heavy atom. The highest BCUT2D eigenvalue weighted by molar-refractivity contribution is 6.04. The van der Waals surface area contributed by atoms with Gasteiger partial charge in [-0.2, -0.15) is 0 Å². The van der Waals surface area contributed by atoms with Crippen LogP contribution in [-0.4, -0.2) is 26.1 Å². The lowest BCUT2D eigenvalue weighted by molar-refractivity contribution is 0.102. The van der Waals surface area contributed by atoms with Crippen LogP contribution < -0.4 is 10.6 Å². The number of nitrogens with one attached hydrogen (secondary N) is 2. The lowest BCUT2D eigenvalue weighted by atomic mass is 10.2. The quantitative estimate of drug-likeness (QED) is 0.570. The average molecular weight is 356 g/mol. The monoisotopic (exact) mass is 356 g/mol. The molecular weight excluding hydrogens is 340 g/mol. The highest BCUT2D eigenvalue weighted by atomic mass is 16.1. The molecule has 132 valence electrons. The van der Waals surface area contributed by atoms with Gasteiger partial charge in [0, 0.05) is 22.6 Å². The number of amides is 1. The summed E-state index contributed by atoms with van der Waals surface area (Å²) in [7, 11) is 0. The van der Waals surface area contributed by atoms with E-state index in [-0.39, 0.29) is 5.91 Å². The fourth-order valence-electron chi connectivity index (χ4n) is 2.57. The van der Waals surface area contributed by atoms with Crippen LogP contribution in [0.3, 0.4) is 0 Å². The number of aromatic nitrogens is 4. The first-order chi connectivity index (χ1) is 13.3. The molecule has 4 aromatic rings. The summed E-state index contributed by atoms with van der Waals surface area (Å²) in [4.78, 5) is 12.4. The number of benzene rings is 3. The van der Waals surface area contributed by atoms with Crippen LogP contribution in [-0.2, 0) is 0 Å². The molecule has 0 unspecified atom stereocenters. The van der Waals surface area contributed by atoms with Crippen LogP contribution in [0.5, 0.6) is 0 Å². The lowest BCUT2D eigenvalue weighted by Crippen LogP contribution is -2.12. The molecule has 0 bridgehead atoms. The number of hydrogen-bond acceptors (Lipinski definition) is 5. The first-order valence-electron chi connectivity index (χ1n) is 8.35. The first-order valence-corrected chi connectivity index (χ1v) is 8.35. The number of nitrogens with zero attached hydrogens (tertiary/aromatic N) is 4. The predicted octanol–water partition coefficient (Wildman–Crippen LogP) is 3.66. The second-order valence-corrected chi connectivity index (χ2v) is 5.82. The standard InChI is InChI=1S/C20H16N6O/c27-20(15-6-12-19(13-7-15)26-14-21-24-25-26)23-18-10-8-17(9-11-18)22-16-4-2-1-3-5-16/h1-14,22H,(H,23,27). The predicted molar refractivity (Wildman–Crippen MR) is 103 cm³/mol. The largest absolute Gasteiger partial charge is 0.356 e. The van der Waals surface area contributed by atoms with Crippen molar-refractivity contribution in [3.63, 3.8) is 0 Å². The molecule has 27 heavy (non-hydrogen) atoms. The summed E-state index contributed by atoms with van der Waals surface area (Å²) in [5.41, 5.74) is 4.02. The molecule has 0 aliphatic carbocycles. The molecule has 3 aromatic carbocycles. The number of carbonyl (C=O) groups is 1. The molecule has 1 amide bonds. The van der Waals surface area contributed by atoms with Crippen LogP contribution in [0.1, 0.15) is 10.4 Å². The highest BCUT2D eigenvalue weighted by Gasteiger charge is 2.07. The third-order valence-electron chi connectivity index (χ3n) is 3.95. The molecule has 1 heterocycles. The van der Waals surface area contributed by atoms with Crippen molar-refractivity contribution in [2.24, 2.45) is 0 Å². The van der Waals surface area contributed by atoms with E-state index in [1.807, 2.05) is 54.6 Å². The molecule has 1 aromatic heterocycles. The maximum atomic E-state index is 12.4. The normalized spacial score (nSPS) is 10.4. The zero-order chi connectivity index (χ0) is 18.5. The summed E-state index contributed by atoms with van der Waals surface area (Å²) in [5, 5.41) is 17.2. The van der Waals surface area contributed by atoms with Gasteiger partial charge in [0.2, 0.25) is 0 Å². The van der Waals surface area contributed by atoms with Gasteiger partial charge in [0.1, 0.15) is 6.33 Å². The van der Waals surface area contributed by atoms with Crippen LogP contribution >= 0.6 is 0 Å². The van der Waals surface area contributed by atoms with Gasteiger partial charge in [-0.25, -0.2) is 4.68 Å². The van der Waals surface area contributed by atoms with E-state index in [1.54, 1.807) is 24.3 Å². The topological polar surface area (TPSA) is 84.7 Å². The Balaban J connectivity index is 1.40. The van der Waals surface area contributed by atoms with Crippen molar-refractivity contribution in [1.82, 2.24) is 20.2 Å². The summed E-state index contributed by atoms with van der Waals surface area (Å²) in [6.07, 6.45) is 1.50. The van der Waals surface area contributed by atoms with Crippen molar-refractivity contribution in [2.45, 2.75) is 0 Å². The Bertz CT molecular complexity index is 1010. The zero-order valence-electron chi connectivity index (χ0n) is 14.3. The number of hydrogen-bond donors (Lipinski definition) is 2. The molecule has 0 radical (unpaired) electrons. The molecule has 0 fully saturated rings. The molecule has 7 nitrogen and oxygen atoms in total. The Morgan fingerprint density at radius 2 is 1.44 bits per heavy atom. The fraction of sp³-hybridized carbons (Fsp3) is 0. The van der Waals surface area contributed by atoms with Crippen molar-refractivity contribution in [3.8, 4) is 5.69 Å². The maximum Gasteiger partial charge on any atom is 0.255 e. The van der Waals surface area contributed by atoms with E-state index in [1.165, 1.54) is 11.0 Å². The molecule has 0 saturated carbocycles. The van der Waals surface area contributed by atoms with E-state index in [9.17, 15) is 4.79 Å². The van der Waals surface area contributed by atoms with Crippen molar-refractivity contribution in [1.29, 1.82) is 0 Å². The molecule has 0 aliphatic heterocycles. The molecule has 0 atom stereocenters. The van der Waals surface area contributed by atoms with Crippen LogP contribution in [0.25, 0.3) is 5.69 Å². The summed E-state index contributed by atoms with van der Waals surface area (Å²) in [5.74, 6) is -0.179. The van der Waals surface area contributed by atoms with E-state index in [0.29, 0.717) is 5.56 Å². The average Bonchev–Trinajstić information content (AvgIpc) is 3.25. The van der Waals surface area contributed by atoms with E-state index in [4.69, 9.17) is 0 Å². The Labute approximate surface area is 155 Å². The number of para-hydroxylation sites is 1. The van der Waals surface area contributed by atoms with E-state index < -0.39 is 0 Å². The van der Waals surface area contributed by atoms with Crippen molar-refractivity contribution < 1.29 is 4.79 Å². The third kappa shape index (κ3) is 3.98. The summed E-state index contributed by atoms with van der Waals surface area (Å²) >= 11 is 0. The third-order valence-corrected chi connectivity index (χ3v) is 3.95. The molecule has 2 N–H and O–H groups in total. The van der Waals surface area contributed by atoms with Crippen molar-refractivity contribution >= 4 is 23.0 Å². The van der Waals surface area contributed by atoms with Crippen LogP contribution in [0.4, 0.5) is 17.1 Å². The van der Waals surface area contributed by atoms with Crippen LogP contribution in [0, 0.1) is 0 Å². The van der Waals surface area contributed by atoms with Crippen molar-refractivity contribution in [2.75, 3.05) is 10.6 Å². The van der Waals surface area contributed by atoms with Gasteiger partial charge in [-0.05, 0) is 71.1 Å². The molecule has 4 rings (SSSR count). The number of rotatable bonds is 5. The smallest absolute Gasteiger partial charge is 0.255 e. The van der Waals surface area contributed by atoms with Gasteiger partial charge in [0.05, 0.1) is 5.69 Å². The Kier molecular flexibility index (Phi) is 4.57.